The largest absolute Gasteiger partial charge is 0.359 e. The molecule has 1 unspecified atom stereocenters. The van der Waals surface area contributed by atoms with E-state index in [1.54, 1.807) is 24.3 Å². The highest BCUT2D eigenvalue weighted by atomic mass is 16.2. The van der Waals surface area contributed by atoms with Crippen molar-refractivity contribution in [1.82, 2.24) is 10.2 Å². The molecule has 0 saturated heterocycles. The molecule has 1 aliphatic rings. The fourth-order valence-electron chi connectivity index (χ4n) is 2.43. The number of imide groups is 1. The van der Waals surface area contributed by atoms with E-state index in [0.717, 1.165) is 12.8 Å². The molecule has 20 heavy (non-hydrogen) atoms. The lowest BCUT2D eigenvalue weighted by atomic mass is 10.0. The second kappa shape index (κ2) is 6.32. The van der Waals surface area contributed by atoms with Gasteiger partial charge in [0, 0.05) is 13.1 Å². The van der Waals surface area contributed by atoms with E-state index in [1.165, 1.54) is 4.90 Å². The van der Waals surface area contributed by atoms with Crippen LogP contribution in [-0.2, 0) is 4.79 Å². The first kappa shape index (κ1) is 14.2. The van der Waals surface area contributed by atoms with Gasteiger partial charge in [0.1, 0.15) is 0 Å². The van der Waals surface area contributed by atoms with Crippen molar-refractivity contribution in [3.63, 3.8) is 0 Å². The summed E-state index contributed by atoms with van der Waals surface area (Å²) in [5.74, 6) is -0.232. The van der Waals surface area contributed by atoms with E-state index in [-0.39, 0.29) is 17.7 Å². The first-order valence-corrected chi connectivity index (χ1v) is 6.81. The molecule has 1 heterocycles. The topological polar surface area (TPSA) is 66.5 Å². The van der Waals surface area contributed by atoms with Crippen molar-refractivity contribution >= 4 is 18.2 Å². The lowest BCUT2D eigenvalue weighted by Gasteiger charge is -2.21. The van der Waals surface area contributed by atoms with Gasteiger partial charge < -0.3 is 5.32 Å². The van der Waals surface area contributed by atoms with E-state index in [9.17, 15) is 14.4 Å². The Morgan fingerprint density at radius 3 is 2.30 bits per heavy atom. The molecule has 2 rings (SSSR count). The van der Waals surface area contributed by atoms with Crippen molar-refractivity contribution in [3.8, 4) is 0 Å². The SMILES string of the molecule is CCC(CCNC=O)CN1C(=O)c2ccccc2C1=O. The third-order valence-corrected chi connectivity index (χ3v) is 3.68. The van der Waals surface area contributed by atoms with Gasteiger partial charge in [0.2, 0.25) is 6.41 Å². The van der Waals surface area contributed by atoms with E-state index >= 15 is 0 Å². The van der Waals surface area contributed by atoms with Crippen LogP contribution in [0, 0.1) is 5.92 Å². The van der Waals surface area contributed by atoms with E-state index < -0.39 is 0 Å². The second-order valence-corrected chi connectivity index (χ2v) is 4.90. The van der Waals surface area contributed by atoms with Gasteiger partial charge in [-0.2, -0.15) is 0 Å². The molecule has 3 amide bonds. The standard InChI is InChI=1S/C15H18N2O3/c1-2-11(7-8-16-10-18)9-17-14(19)12-5-3-4-6-13(12)15(17)20/h3-6,10-11H,2,7-9H2,1H3,(H,16,18). The monoisotopic (exact) mass is 274 g/mol. The Morgan fingerprint density at radius 1 is 1.20 bits per heavy atom. The molecule has 0 saturated carbocycles. The number of hydrogen-bond acceptors (Lipinski definition) is 3. The van der Waals surface area contributed by atoms with Crippen molar-refractivity contribution in [2.75, 3.05) is 13.1 Å². The number of nitrogens with zero attached hydrogens (tertiary/aromatic N) is 1. The molecule has 0 aliphatic carbocycles. The molecule has 0 radical (unpaired) electrons. The van der Waals surface area contributed by atoms with Crippen LogP contribution in [0.1, 0.15) is 40.5 Å². The number of fused-ring (bicyclic) bond motifs is 1. The lowest BCUT2D eigenvalue weighted by Crippen LogP contribution is -2.35. The quantitative estimate of drug-likeness (QED) is 0.465. The zero-order valence-electron chi connectivity index (χ0n) is 11.5. The number of rotatable bonds is 7. The van der Waals surface area contributed by atoms with Crippen molar-refractivity contribution in [3.05, 3.63) is 35.4 Å². The minimum atomic E-state index is -0.215. The Morgan fingerprint density at radius 2 is 1.80 bits per heavy atom. The molecule has 1 aromatic carbocycles. The fraction of sp³-hybridized carbons (Fsp3) is 0.400. The van der Waals surface area contributed by atoms with Gasteiger partial charge in [-0.1, -0.05) is 25.5 Å². The average molecular weight is 274 g/mol. The summed E-state index contributed by atoms with van der Waals surface area (Å²) in [7, 11) is 0. The molecule has 0 bridgehead atoms. The molecular weight excluding hydrogens is 256 g/mol. The average Bonchev–Trinajstić information content (AvgIpc) is 2.71. The maximum atomic E-state index is 12.2. The Hall–Kier alpha value is -2.17. The number of hydrogen-bond donors (Lipinski definition) is 1. The third-order valence-electron chi connectivity index (χ3n) is 3.68. The Kier molecular flexibility index (Phi) is 4.50. The summed E-state index contributed by atoms with van der Waals surface area (Å²) in [6, 6.07) is 6.90. The number of benzene rings is 1. The highest BCUT2D eigenvalue weighted by Gasteiger charge is 2.35. The summed E-state index contributed by atoms with van der Waals surface area (Å²) >= 11 is 0. The minimum absolute atomic E-state index is 0.199. The Balaban J connectivity index is 2.05. The van der Waals surface area contributed by atoms with Gasteiger partial charge in [-0.15, -0.1) is 0 Å². The Labute approximate surface area is 118 Å². The molecule has 0 aromatic heterocycles. The van der Waals surface area contributed by atoms with Crippen molar-refractivity contribution < 1.29 is 14.4 Å². The molecule has 5 heteroatoms. The molecule has 1 N–H and O–H groups in total. The molecule has 1 atom stereocenters. The van der Waals surface area contributed by atoms with E-state index in [2.05, 4.69) is 5.32 Å². The summed E-state index contributed by atoms with van der Waals surface area (Å²) in [5.41, 5.74) is 0.969. The Bertz CT molecular complexity index is 493. The molecule has 0 spiro atoms. The number of carbonyl (C=O) groups excluding carboxylic acids is 3. The second-order valence-electron chi connectivity index (χ2n) is 4.90. The van der Waals surface area contributed by atoms with Crippen LogP contribution in [0.4, 0.5) is 0 Å². The molecule has 106 valence electrons. The van der Waals surface area contributed by atoms with Crippen LogP contribution in [0.25, 0.3) is 0 Å². The van der Waals surface area contributed by atoms with Gasteiger partial charge in [0.25, 0.3) is 11.8 Å². The van der Waals surface area contributed by atoms with Gasteiger partial charge in [0.05, 0.1) is 11.1 Å². The van der Waals surface area contributed by atoms with Gasteiger partial charge >= 0.3 is 0 Å². The van der Waals surface area contributed by atoms with Crippen molar-refractivity contribution in [1.29, 1.82) is 0 Å². The maximum Gasteiger partial charge on any atom is 0.261 e. The summed E-state index contributed by atoms with van der Waals surface area (Å²) < 4.78 is 0. The third kappa shape index (κ3) is 2.71. The van der Waals surface area contributed by atoms with E-state index in [0.29, 0.717) is 30.6 Å². The van der Waals surface area contributed by atoms with Crippen LogP contribution in [0.15, 0.2) is 24.3 Å². The first-order chi connectivity index (χ1) is 9.69. The lowest BCUT2D eigenvalue weighted by molar-refractivity contribution is -0.109. The van der Waals surface area contributed by atoms with Gasteiger partial charge in [-0.25, -0.2) is 0 Å². The van der Waals surface area contributed by atoms with Crippen LogP contribution < -0.4 is 5.32 Å². The molecule has 5 nitrogen and oxygen atoms in total. The molecule has 0 fully saturated rings. The predicted molar refractivity (Wildman–Crippen MR) is 74.3 cm³/mol. The van der Waals surface area contributed by atoms with Crippen LogP contribution in [0.5, 0.6) is 0 Å². The van der Waals surface area contributed by atoms with E-state index in [1.807, 2.05) is 6.92 Å². The van der Waals surface area contributed by atoms with Gasteiger partial charge in [0.15, 0.2) is 0 Å². The molecular formula is C15H18N2O3. The van der Waals surface area contributed by atoms with Crippen LogP contribution >= 0.6 is 0 Å². The van der Waals surface area contributed by atoms with Gasteiger partial charge in [-0.05, 0) is 24.5 Å². The first-order valence-electron chi connectivity index (χ1n) is 6.81. The van der Waals surface area contributed by atoms with Crippen LogP contribution in [-0.4, -0.2) is 36.2 Å². The van der Waals surface area contributed by atoms with Crippen molar-refractivity contribution in [2.45, 2.75) is 19.8 Å². The number of carbonyl (C=O) groups is 3. The van der Waals surface area contributed by atoms with Crippen LogP contribution in [0.3, 0.4) is 0 Å². The van der Waals surface area contributed by atoms with Gasteiger partial charge in [-0.3, -0.25) is 19.3 Å². The zero-order chi connectivity index (χ0) is 14.5. The molecule has 1 aromatic rings. The number of nitrogens with one attached hydrogen (secondary N) is 1. The van der Waals surface area contributed by atoms with E-state index in [4.69, 9.17) is 0 Å². The smallest absolute Gasteiger partial charge is 0.261 e. The minimum Gasteiger partial charge on any atom is -0.359 e. The highest BCUT2D eigenvalue weighted by molar-refractivity contribution is 6.21. The fourth-order valence-corrected chi connectivity index (χ4v) is 2.43. The highest BCUT2D eigenvalue weighted by Crippen LogP contribution is 2.24. The van der Waals surface area contributed by atoms with Crippen molar-refractivity contribution in [2.24, 2.45) is 5.92 Å². The summed E-state index contributed by atoms with van der Waals surface area (Å²) in [4.78, 5) is 36.0. The normalized spacial score (nSPS) is 15.2. The summed E-state index contributed by atoms with van der Waals surface area (Å²) in [6.45, 7) is 2.98. The molecule has 1 aliphatic heterocycles. The maximum absolute atomic E-state index is 12.2. The number of amides is 3. The summed E-state index contributed by atoms with van der Waals surface area (Å²) in [5, 5.41) is 2.61. The van der Waals surface area contributed by atoms with Crippen LogP contribution in [0.2, 0.25) is 0 Å². The zero-order valence-corrected chi connectivity index (χ0v) is 11.5. The summed E-state index contributed by atoms with van der Waals surface area (Å²) in [6.07, 6.45) is 2.27. The predicted octanol–water partition coefficient (Wildman–Crippen LogP) is 1.44.